The molecule has 0 radical (unpaired) electrons. The molecule has 0 bridgehead atoms. The van der Waals surface area contributed by atoms with Crippen molar-refractivity contribution in [3.05, 3.63) is 41.8 Å². The van der Waals surface area contributed by atoms with E-state index < -0.39 is 0 Å². The third-order valence-electron chi connectivity index (χ3n) is 3.47. The first kappa shape index (κ1) is 18.9. The third kappa shape index (κ3) is 5.27. The van der Waals surface area contributed by atoms with E-state index in [1.54, 1.807) is 11.8 Å². The van der Waals surface area contributed by atoms with Crippen molar-refractivity contribution in [3.8, 4) is 0 Å². The number of rotatable bonds is 8. The second-order valence-corrected chi connectivity index (χ2v) is 7.78. The van der Waals surface area contributed by atoms with E-state index in [0.717, 1.165) is 5.56 Å². The Balaban J connectivity index is 2.02. The van der Waals surface area contributed by atoms with Crippen molar-refractivity contribution in [1.82, 2.24) is 15.5 Å². The zero-order chi connectivity index (χ0) is 17.5. The van der Waals surface area contributed by atoms with Gasteiger partial charge in [-0.15, -0.1) is 10.2 Å². The van der Waals surface area contributed by atoms with Gasteiger partial charge in [0.2, 0.25) is 11.8 Å². The van der Waals surface area contributed by atoms with Gasteiger partial charge in [-0.1, -0.05) is 55.9 Å². The van der Waals surface area contributed by atoms with Gasteiger partial charge in [-0.2, -0.15) is 11.8 Å². The van der Waals surface area contributed by atoms with Crippen LogP contribution in [0.3, 0.4) is 0 Å². The molecule has 1 amide bonds. The summed E-state index contributed by atoms with van der Waals surface area (Å²) in [6.07, 6.45) is 1.98. The van der Waals surface area contributed by atoms with Crippen LogP contribution in [0.2, 0.25) is 0 Å². The Bertz CT molecular complexity index is 646. The summed E-state index contributed by atoms with van der Waals surface area (Å²) in [6.45, 7) is 6.02. The number of thioether (sulfide) groups is 2. The molecule has 5 nitrogen and oxygen atoms in total. The number of benzene rings is 1. The van der Waals surface area contributed by atoms with Crippen molar-refractivity contribution in [2.45, 2.75) is 43.0 Å². The van der Waals surface area contributed by atoms with E-state index in [2.05, 4.69) is 15.5 Å². The molecule has 0 aliphatic carbocycles. The number of carbonyl (C=O) groups is 1. The fraction of sp³-hybridized carbons (Fsp3) is 0.471. The predicted octanol–water partition coefficient (Wildman–Crippen LogP) is 3.93. The van der Waals surface area contributed by atoms with Crippen molar-refractivity contribution in [2.24, 2.45) is 5.92 Å². The molecular weight excluding hydrogens is 342 g/mol. The van der Waals surface area contributed by atoms with Gasteiger partial charge < -0.3 is 9.73 Å². The van der Waals surface area contributed by atoms with E-state index in [9.17, 15) is 4.79 Å². The van der Waals surface area contributed by atoms with Gasteiger partial charge in [0.15, 0.2) is 0 Å². The molecule has 2 aromatic rings. The molecule has 1 heterocycles. The van der Waals surface area contributed by atoms with Crippen LogP contribution in [0.1, 0.15) is 38.3 Å². The second-order valence-electron chi connectivity index (χ2n) is 5.82. The second kappa shape index (κ2) is 9.13. The fourth-order valence-electron chi connectivity index (χ4n) is 2.19. The van der Waals surface area contributed by atoms with Gasteiger partial charge in [0, 0.05) is 0 Å². The van der Waals surface area contributed by atoms with E-state index in [-0.39, 0.29) is 23.1 Å². The number of nitrogens with zero attached hydrogens (tertiary/aromatic N) is 2. The Kier molecular flexibility index (Phi) is 7.17. The van der Waals surface area contributed by atoms with Crippen LogP contribution < -0.4 is 5.32 Å². The number of hydrogen-bond acceptors (Lipinski definition) is 6. The predicted molar refractivity (Wildman–Crippen MR) is 99.0 cm³/mol. The van der Waals surface area contributed by atoms with E-state index in [1.807, 2.05) is 57.4 Å². The Morgan fingerprint density at radius 2 is 1.92 bits per heavy atom. The van der Waals surface area contributed by atoms with E-state index in [1.165, 1.54) is 11.8 Å². The SMILES string of the molecule is CSCc1nnc(SC(C(=O)NC(C)c2ccccc2)C(C)C)o1. The van der Waals surface area contributed by atoms with Crippen molar-refractivity contribution >= 4 is 29.4 Å². The molecule has 0 aliphatic rings. The first-order valence-corrected chi connectivity index (χ1v) is 10.1. The smallest absolute Gasteiger partial charge is 0.277 e. The van der Waals surface area contributed by atoms with Gasteiger partial charge in [0.25, 0.3) is 5.22 Å². The van der Waals surface area contributed by atoms with Gasteiger partial charge in [0.05, 0.1) is 17.0 Å². The summed E-state index contributed by atoms with van der Waals surface area (Å²) in [4.78, 5) is 12.7. The minimum absolute atomic E-state index is 0.0176. The average molecular weight is 366 g/mol. The molecule has 0 spiro atoms. The molecule has 130 valence electrons. The molecule has 0 fully saturated rings. The molecule has 2 atom stereocenters. The lowest BCUT2D eigenvalue weighted by Gasteiger charge is -2.21. The quantitative estimate of drug-likeness (QED) is 0.715. The molecule has 1 aromatic heterocycles. The first-order valence-electron chi connectivity index (χ1n) is 7.84. The standard InChI is InChI=1S/C17H23N3O2S2/c1-11(2)15(24-17-20-19-14(22-17)10-23-4)16(21)18-12(3)13-8-6-5-7-9-13/h5-9,11-12,15H,10H2,1-4H3,(H,18,21). The lowest BCUT2D eigenvalue weighted by Crippen LogP contribution is -2.37. The minimum Gasteiger partial charge on any atom is -0.415 e. The summed E-state index contributed by atoms with van der Waals surface area (Å²) in [6, 6.07) is 9.88. The van der Waals surface area contributed by atoms with Crippen LogP contribution >= 0.6 is 23.5 Å². The lowest BCUT2D eigenvalue weighted by molar-refractivity contribution is -0.121. The maximum absolute atomic E-state index is 12.7. The van der Waals surface area contributed by atoms with Gasteiger partial charge in [-0.3, -0.25) is 4.79 Å². The topological polar surface area (TPSA) is 68.0 Å². The van der Waals surface area contributed by atoms with Crippen LogP contribution in [0.15, 0.2) is 40.0 Å². The molecule has 0 saturated heterocycles. The number of hydrogen-bond donors (Lipinski definition) is 1. The number of amides is 1. The molecule has 0 saturated carbocycles. The van der Waals surface area contributed by atoms with Crippen LogP contribution in [-0.4, -0.2) is 27.6 Å². The van der Waals surface area contributed by atoms with Crippen LogP contribution in [0.5, 0.6) is 0 Å². The third-order valence-corrected chi connectivity index (χ3v) is 5.38. The molecular formula is C17H23N3O2S2. The highest BCUT2D eigenvalue weighted by Gasteiger charge is 2.27. The lowest BCUT2D eigenvalue weighted by atomic mass is 10.1. The minimum atomic E-state index is -0.279. The zero-order valence-electron chi connectivity index (χ0n) is 14.4. The van der Waals surface area contributed by atoms with Crippen molar-refractivity contribution in [2.75, 3.05) is 6.26 Å². The Morgan fingerprint density at radius 3 is 2.54 bits per heavy atom. The van der Waals surface area contributed by atoms with Crippen molar-refractivity contribution < 1.29 is 9.21 Å². The first-order chi connectivity index (χ1) is 11.5. The molecule has 7 heteroatoms. The maximum Gasteiger partial charge on any atom is 0.277 e. The average Bonchev–Trinajstić information content (AvgIpc) is 3.00. The van der Waals surface area contributed by atoms with Crippen LogP contribution in [-0.2, 0) is 10.5 Å². The summed E-state index contributed by atoms with van der Waals surface area (Å²) in [5, 5.41) is 11.3. The zero-order valence-corrected chi connectivity index (χ0v) is 16.0. The highest BCUT2D eigenvalue weighted by atomic mass is 32.2. The monoisotopic (exact) mass is 365 g/mol. The largest absolute Gasteiger partial charge is 0.415 e. The van der Waals surface area contributed by atoms with Crippen molar-refractivity contribution in [1.29, 1.82) is 0 Å². The number of carbonyl (C=O) groups excluding carboxylic acids is 1. The maximum atomic E-state index is 12.7. The Morgan fingerprint density at radius 1 is 1.21 bits per heavy atom. The molecule has 24 heavy (non-hydrogen) atoms. The van der Waals surface area contributed by atoms with Crippen LogP contribution in [0.4, 0.5) is 0 Å². The Hall–Kier alpha value is -1.47. The number of nitrogens with one attached hydrogen (secondary N) is 1. The van der Waals surface area contributed by atoms with E-state index in [0.29, 0.717) is 16.9 Å². The highest BCUT2D eigenvalue weighted by molar-refractivity contribution is 8.00. The van der Waals surface area contributed by atoms with Gasteiger partial charge in [0.1, 0.15) is 0 Å². The summed E-state index contributed by atoms with van der Waals surface area (Å²) in [7, 11) is 0. The van der Waals surface area contributed by atoms with Crippen molar-refractivity contribution in [3.63, 3.8) is 0 Å². The molecule has 2 rings (SSSR count). The Labute approximate surface area is 151 Å². The summed E-state index contributed by atoms with van der Waals surface area (Å²) >= 11 is 2.95. The summed E-state index contributed by atoms with van der Waals surface area (Å²) < 4.78 is 5.58. The molecule has 1 N–H and O–H groups in total. The molecule has 0 aliphatic heterocycles. The van der Waals surface area contributed by atoms with Crippen LogP contribution in [0.25, 0.3) is 0 Å². The molecule has 2 unspecified atom stereocenters. The summed E-state index contributed by atoms with van der Waals surface area (Å²) in [5.41, 5.74) is 1.08. The highest BCUT2D eigenvalue weighted by Crippen LogP contribution is 2.28. The fourth-order valence-corrected chi connectivity index (χ4v) is 3.45. The van der Waals surface area contributed by atoms with Gasteiger partial charge >= 0.3 is 0 Å². The molecule has 1 aromatic carbocycles. The van der Waals surface area contributed by atoms with Gasteiger partial charge in [-0.25, -0.2) is 0 Å². The van der Waals surface area contributed by atoms with Crippen LogP contribution in [0, 0.1) is 5.92 Å². The van der Waals surface area contributed by atoms with E-state index >= 15 is 0 Å². The summed E-state index contributed by atoms with van der Waals surface area (Å²) in [5.74, 6) is 1.40. The number of aromatic nitrogens is 2. The van der Waals surface area contributed by atoms with Gasteiger partial charge in [-0.05, 0) is 24.7 Å². The van der Waals surface area contributed by atoms with E-state index in [4.69, 9.17) is 4.42 Å². The normalized spacial score (nSPS) is 13.7.